The van der Waals surface area contributed by atoms with E-state index in [4.69, 9.17) is 0 Å². The van der Waals surface area contributed by atoms with Gasteiger partial charge < -0.3 is 6.15 Å². The summed E-state index contributed by atoms with van der Waals surface area (Å²) >= 11 is 0. The summed E-state index contributed by atoms with van der Waals surface area (Å²) in [5.74, 6) is 4.71. The highest BCUT2D eigenvalue weighted by Crippen LogP contribution is 2.53. The molecule has 0 aromatic heterocycles. The van der Waals surface area contributed by atoms with E-state index in [2.05, 4.69) is 0 Å². The Bertz CT molecular complexity index is 96.4. The van der Waals surface area contributed by atoms with Crippen molar-refractivity contribution < 1.29 is 0 Å². The molecule has 4 saturated carbocycles. The van der Waals surface area contributed by atoms with Gasteiger partial charge in [-0.1, -0.05) is 0 Å². The van der Waals surface area contributed by atoms with E-state index in [9.17, 15) is 0 Å². The van der Waals surface area contributed by atoms with Crippen LogP contribution >= 0.6 is 0 Å². The third-order valence-corrected chi connectivity index (χ3v) is 4.00. The van der Waals surface area contributed by atoms with E-state index in [1.165, 1.54) is 23.7 Å². The number of rotatable bonds is 0. The minimum Gasteiger partial charge on any atom is -0.344 e. The van der Waals surface area contributed by atoms with Crippen LogP contribution in [0, 0.1) is 23.7 Å². The standard InChI is InChI=1S/C10H16.H3N/c1-7-2-9-4-8(1)5-10(3-7)6-9;/h7-10H,1-6H2;1H3. The van der Waals surface area contributed by atoms with Crippen molar-refractivity contribution in [3.63, 3.8) is 0 Å². The fraction of sp³-hybridized carbons (Fsp3) is 1.00. The molecule has 3 N–H and O–H groups in total. The van der Waals surface area contributed by atoms with Crippen molar-refractivity contribution in [1.29, 1.82) is 0 Å². The molecule has 4 rings (SSSR count). The van der Waals surface area contributed by atoms with Crippen LogP contribution in [0.1, 0.15) is 38.5 Å². The summed E-state index contributed by atoms with van der Waals surface area (Å²) in [5, 5.41) is 0. The Morgan fingerprint density at radius 3 is 0.818 bits per heavy atom. The Hall–Kier alpha value is -0.0400. The lowest BCUT2D eigenvalue weighted by molar-refractivity contribution is 0.0198. The summed E-state index contributed by atoms with van der Waals surface area (Å²) in [7, 11) is 0. The Kier molecular flexibility index (Phi) is 1.71. The van der Waals surface area contributed by atoms with Crippen LogP contribution in [0.2, 0.25) is 0 Å². The Labute approximate surface area is 69.1 Å². The monoisotopic (exact) mass is 153 g/mol. The summed E-state index contributed by atoms with van der Waals surface area (Å²) in [4.78, 5) is 0. The Balaban J connectivity index is 0.000000480. The highest BCUT2D eigenvalue weighted by Gasteiger charge is 2.41. The minimum absolute atomic E-state index is 0. The van der Waals surface area contributed by atoms with Crippen molar-refractivity contribution in [2.45, 2.75) is 38.5 Å². The molecule has 11 heavy (non-hydrogen) atoms. The average molecular weight is 153 g/mol. The van der Waals surface area contributed by atoms with Crippen molar-refractivity contribution >= 4 is 0 Å². The van der Waals surface area contributed by atoms with Crippen LogP contribution < -0.4 is 6.15 Å². The molecule has 0 radical (unpaired) electrons. The SMILES string of the molecule is C1C2CC3CC1CC(C2)C3.N. The summed E-state index contributed by atoms with van der Waals surface area (Å²) in [6.07, 6.45) is 9.62. The van der Waals surface area contributed by atoms with Gasteiger partial charge in [-0.15, -0.1) is 0 Å². The van der Waals surface area contributed by atoms with Crippen LogP contribution in [0.15, 0.2) is 0 Å². The van der Waals surface area contributed by atoms with Crippen molar-refractivity contribution in [1.82, 2.24) is 6.15 Å². The van der Waals surface area contributed by atoms with E-state index < -0.39 is 0 Å². The predicted molar refractivity (Wildman–Crippen MR) is 46.7 cm³/mol. The normalized spacial score (nSPS) is 52.4. The second kappa shape index (κ2) is 2.48. The molecule has 0 aromatic rings. The number of hydrogen-bond donors (Lipinski definition) is 1. The molecule has 1 heteroatoms. The summed E-state index contributed by atoms with van der Waals surface area (Å²) in [6.45, 7) is 0. The lowest BCUT2D eigenvalue weighted by Gasteiger charge is -2.49. The first-order valence-electron chi connectivity index (χ1n) is 4.90. The van der Waals surface area contributed by atoms with Crippen molar-refractivity contribution in [2.24, 2.45) is 23.7 Å². The highest BCUT2D eigenvalue weighted by atomic mass is 14.5. The van der Waals surface area contributed by atoms with E-state index >= 15 is 0 Å². The van der Waals surface area contributed by atoms with Crippen LogP contribution in [-0.2, 0) is 0 Å². The van der Waals surface area contributed by atoms with Gasteiger partial charge in [0.2, 0.25) is 0 Å². The molecule has 0 aromatic carbocycles. The van der Waals surface area contributed by atoms with Gasteiger partial charge in [0.1, 0.15) is 0 Å². The Morgan fingerprint density at radius 2 is 0.636 bits per heavy atom. The zero-order valence-corrected chi connectivity index (χ0v) is 7.26. The first-order valence-corrected chi connectivity index (χ1v) is 4.90. The van der Waals surface area contributed by atoms with Gasteiger partial charge in [0.05, 0.1) is 0 Å². The topological polar surface area (TPSA) is 35.0 Å². The highest BCUT2D eigenvalue weighted by molar-refractivity contribution is 4.92. The zero-order chi connectivity index (χ0) is 6.55. The molecule has 0 amide bonds. The van der Waals surface area contributed by atoms with Crippen molar-refractivity contribution in [3.8, 4) is 0 Å². The Morgan fingerprint density at radius 1 is 0.455 bits per heavy atom. The summed E-state index contributed by atoms with van der Waals surface area (Å²) < 4.78 is 0. The predicted octanol–water partition coefficient (Wildman–Crippen LogP) is 2.99. The average Bonchev–Trinajstić information content (AvgIpc) is 1.82. The van der Waals surface area contributed by atoms with Gasteiger partial charge in [0.15, 0.2) is 0 Å². The molecule has 4 bridgehead atoms. The van der Waals surface area contributed by atoms with E-state index in [-0.39, 0.29) is 6.15 Å². The smallest absolute Gasteiger partial charge is 0.0406 e. The summed E-state index contributed by atoms with van der Waals surface area (Å²) in [6, 6.07) is 0. The minimum atomic E-state index is 0. The second-order valence-corrected chi connectivity index (χ2v) is 4.88. The summed E-state index contributed by atoms with van der Waals surface area (Å²) in [5.41, 5.74) is 0. The molecule has 4 fully saturated rings. The maximum Gasteiger partial charge on any atom is -0.0406 e. The van der Waals surface area contributed by atoms with Crippen molar-refractivity contribution in [3.05, 3.63) is 0 Å². The largest absolute Gasteiger partial charge is 0.344 e. The second-order valence-electron chi connectivity index (χ2n) is 4.88. The third kappa shape index (κ3) is 1.10. The quantitative estimate of drug-likeness (QED) is 0.570. The molecule has 4 aliphatic rings. The number of hydrogen-bond acceptors (Lipinski definition) is 1. The lowest BCUT2D eigenvalue weighted by atomic mass is 9.56. The van der Waals surface area contributed by atoms with Gasteiger partial charge in [-0.2, -0.15) is 0 Å². The van der Waals surface area contributed by atoms with Gasteiger partial charge in [0, 0.05) is 0 Å². The van der Waals surface area contributed by atoms with Crippen LogP contribution in [0.4, 0.5) is 0 Å². The van der Waals surface area contributed by atoms with Crippen LogP contribution in [0.25, 0.3) is 0 Å². The van der Waals surface area contributed by atoms with Crippen LogP contribution in [0.5, 0.6) is 0 Å². The van der Waals surface area contributed by atoms with E-state index in [1.54, 1.807) is 38.5 Å². The van der Waals surface area contributed by atoms with Crippen molar-refractivity contribution in [2.75, 3.05) is 0 Å². The first kappa shape index (κ1) is 7.60. The third-order valence-electron chi connectivity index (χ3n) is 4.00. The first-order chi connectivity index (χ1) is 4.90. The fourth-order valence-corrected chi connectivity index (χ4v) is 3.98. The van der Waals surface area contributed by atoms with Gasteiger partial charge in [-0.25, -0.2) is 0 Å². The zero-order valence-electron chi connectivity index (χ0n) is 7.26. The molecule has 0 saturated heterocycles. The molecule has 64 valence electrons. The molecular formula is C10H19N. The van der Waals surface area contributed by atoms with E-state index in [1.807, 2.05) is 0 Å². The molecule has 1 nitrogen and oxygen atoms in total. The molecule has 0 heterocycles. The van der Waals surface area contributed by atoms with Gasteiger partial charge in [-0.3, -0.25) is 0 Å². The molecule has 0 atom stereocenters. The van der Waals surface area contributed by atoms with E-state index in [0.29, 0.717) is 0 Å². The molecule has 4 aliphatic carbocycles. The molecule has 0 aliphatic heterocycles. The van der Waals surface area contributed by atoms with Gasteiger partial charge in [0.25, 0.3) is 0 Å². The van der Waals surface area contributed by atoms with E-state index in [0.717, 1.165) is 0 Å². The van der Waals surface area contributed by atoms with Crippen LogP contribution in [0.3, 0.4) is 0 Å². The maximum atomic E-state index is 1.60. The lowest BCUT2D eigenvalue weighted by Crippen LogP contribution is -2.38. The molecule has 0 spiro atoms. The van der Waals surface area contributed by atoms with Gasteiger partial charge >= 0.3 is 0 Å². The molecule has 0 unspecified atom stereocenters. The fourth-order valence-electron chi connectivity index (χ4n) is 3.98. The molecular weight excluding hydrogens is 134 g/mol. The maximum absolute atomic E-state index is 1.60. The van der Waals surface area contributed by atoms with Gasteiger partial charge in [-0.05, 0) is 62.2 Å². The van der Waals surface area contributed by atoms with Crippen LogP contribution in [-0.4, -0.2) is 0 Å².